The third-order valence-electron chi connectivity index (χ3n) is 3.86. The molecule has 1 heterocycles. The van der Waals surface area contributed by atoms with Crippen LogP contribution in [0.25, 0.3) is 0 Å². The first kappa shape index (κ1) is 15.9. The highest BCUT2D eigenvalue weighted by molar-refractivity contribution is 5.45. The van der Waals surface area contributed by atoms with Crippen molar-refractivity contribution in [2.75, 3.05) is 37.0 Å². The second kappa shape index (κ2) is 7.54. The quantitative estimate of drug-likeness (QED) is 0.759. The van der Waals surface area contributed by atoms with Crippen LogP contribution in [-0.2, 0) is 4.74 Å². The number of nitrogens with zero attached hydrogens (tertiary/aromatic N) is 3. The summed E-state index contributed by atoms with van der Waals surface area (Å²) >= 11 is 0. The van der Waals surface area contributed by atoms with Crippen LogP contribution < -0.4 is 10.2 Å². The predicted molar refractivity (Wildman–Crippen MR) is 82.2 cm³/mol. The molecule has 1 unspecified atom stereocenters. The Kier molecular flexibility index (Phi) is 5.73. The van der Waals surface area contributed by atoms with Crippen molar-refractivity contribution in [1.29, 1.82) is 0 Å². The van der Waals surface area contributed by atoms with E-state index in [9.17, 15) is 4.39 Å². The van der Waals surface area contributed by atoms with Gasteiger partial charge in [-0.25, -0.2) is 9.37 Å². The van der Waals surface area contributed by atoms with E-state index in [2.05, 4.69) is 29.1 Å². The Labute approximate surface area is 125 Å². The molecule has 0 aromatic carbocycles. The van der Waals surface area contributed by atoms with Crippen LogP contribution in [0, 0.1) is 11.7 Å². The lowest BCUT2D eigenvalue weighted by atomic mass is 10.2. The zero-order chi connectivity index (χ0) is 15.2. The molecule has 1 N–H and O–H groups in total. The molecule has 0 bridgehead atoms. The highest BCUT2D eigenvalue weighted by Crippen LogP contribution is 2.37. The zero-order valence-electron chi connectivity index (χ0n) is 13.1. The molecule has 2 rings (SSSR count). The van der Waals surface area contributed by atoms with E-state index >= 15 is 0 Å². The molecule has 5 nitrogen and oxygen atoms in total. The predicted octanol–water partition coefficient (Wildman–Crippen LogP) is 2.69. The highest BCUT2D eigenvalue weighted by atomic mass is 19.1. The van der Waals surface area contributed by atoms with Gasteiger partial charge in [0.2, 0.25) is 5.95 Å². The summed E-state index contributed by atoms with van der Waals surface area (Å²) in [7, 11) is 1.66. The van der Waals surface area contributed by atoms with E-state index in [0.717, 1.165) is 13.0 Å². The molecule has 0 amide bonds. The molecule has 1 aliphatic rings. The lowest BCUT2D eigenvalue weighted by molar-refractivity contribution is 0.202. The summed E-state index contributed by atoms with van der Waals surface area (Å²) in [6.45, 7) is 6.17. The minimum absolute atomic E-state index is 0.267. The van der Waals surface area contributed by atoms with Gasteiger partial charge < -0.3 is 15.0 Å². The summed E-state index contributed by atoms with van der Waals surface area (Å²) in [6, 6.07) is 0.267. The largest absolute Gasteiger partial charge is 0.383 e. The van der Waals surface area contributed by atoms with Gasteiger partial charge in [0.25, 0.3) is 0 Å². The van der Waals surface area contributed by atoms with E-state index in [4.69, 9.17) is 4.74 Å². The van der Waals surface area contributed by atoms with Crippen molar-refractivity contribution in [2.45, 2.75) is 39.2 Å². The molecule has 1 saturated carbocycles. The summed E-state index contributed by atoms with van der Waals surface area (Å²) < 4.78 is 19.3. The maximum atomic E-state index is 14.2. The minimum Gasteiger partial charge on any atom is -0.383 e. The summed E-state index contributed by atoms with van der Waals surface area (Å²) in [6.07, 6.45) is 4.64. The monoisotopic (exact) mass is 296 g/mol. The van der Waals surface area contributed by atoms with E-state index < -0.39 is 0 Å². The normalized spacial score (nSPS) is 15.8. The van der Waals surface area contributed by atoms with Crippen LogP contribution in [-0.4, -0.2) is 42.8 Å². The maximum Gasteiger partial charge on any atom is 0.224 e. The fourth-order valence-electron chi connectivity index (χ4n) is 2.41. The van der Waals surface area contributed by atoms with E-state index in [0.29, 0.717) is 30.8 Å². The van der Waals surface area contributed by atoms with Gasteiger partial charge in [-0.2, -0.15) is 4.98 Å². The van der Waals surface area contributed by atoms with Crippen LogP contribution in [0.15, 0.2) is 6.20 Å². The van der Waals surface area contributed by atoms with Crippen molar-refractivity contribution in [3.63, 3.8) is 0 Å². The first-order valence-corrected chi connectivity index (χ1v) is 7.69. The minimum atomic E-state index is -0.374. The van der Waals surface area contributed by atoms with E-state index in [1.807, 2.05) is 4.90 Å². The zero-order valence-corrected chi connectivity index (χ0v) is 13.1. The SMILES string of the molecule is CCCNc1ncc(F)c(N(CCOC)C(C)C2CC2)n1. The number of ether oxygens (including phenoxy) is 1. The lowest BCUT2D eigenvalue weighted by Crippen LogP contribution is -2.38. The van der Waals surface area contributed by atoms with Crippen molar-refractivity contribution in [3.8, 4) is 0 Å². The van der Waals surface area contributed by atoms with Gasteiger partial charge in [-0.15, -0.1) is 0 Å². The second-order valence-corrected chi connectivity index (χ2v) is 5.56. The number of nitrogens with one attached hydrogen (secondary N) is 1. The van der Waals surface area contributed by atoms with E-state index in [1.165, 1.54) is 19.0 Å². The van der Waals surface area contributed by atoms with Crippen LogP contribution in [0.1, 0.15) is 33.1 Å². The summed E-state index contributed by atoms with van der Waals surface area (Å²) in [4.78, 5) is 10.4. The third kappa shape index (κ3) is 4.27. The van der Waals surface area contributed by atoms with Gasteiger partial charge in [-0.05, 0) is 32.1 Å². The number of anilines is 2. The average molecular weight is 296 g/mol. The Hall–Kier alpha value is -1.43. The Bertz CT molecular complexity index is 453. The first-order chi connectivity index (χ1) is 10.2. The van der Waals surface area contributed by atoms with Gasteiger partial charge >= 0.3 is 0 Å². The number of hydrogen-bond acceptors (Lipinski definition) is 5. The molecule has 1 aromatic heterocycles. The molecular formula is C15H25FN4O. The molecule has 1 fully saturated rings. The Morgan fingerprint density at radius 2 is 2.29 bits per heavy atom. The molecule has 0 radical (unpaired) electrons. The third-order valence-corrected chi connectivity index (χ3v) is 3.86. The van der Waals surface area contributed by atoms with Crippen molar-refractivity contribution in [1.82, 2.24) is 9.97 Å². The van der Waals surface area contributed by atoms with Crippen LogP contribution in [0.3, 0.4) is 0 Å². The van der Waals surface area contributed by atoms with E-state index in [1.54, 1.807) is 7.11 Å². The molecule has 0 aliphatic heterocycles. The number of aromatic nitrogens is 2. The number of methoxy groups -OCH3 is 1. The standard InChI is InChI=1S/C15H25FN4O/c1-4-7-17-15-18-10-13(16)14(19-15)20(8-9-21-3)11(2)12-5-6-12/h10-12H,4-9H2,1-3H3,(H,17,18,19). The van der Waals surface area contributed by atoms with Gasteiger partial charge in [0.05, 0.1) is 12.8 Å². The first-order valence-electron chi connectivity index (χ1n) is 7.69. The molecular weight excluding hydrogens is 271 g/mol. The van der Waals surface area contributed by atoms with Crippen molar-refractivity contribution in [3.05, 3.63) is 12.0 Å². The van der Waals surface area contributed by atoms with Gasteiger partial charge in [-0.1, -0.05) is 6.92 Å². The fraction of sp³-hybridized carbons (Fsp3) is 0.733. The topological polar surface area (TPSA) is 50.3 Å². The Morgan fingerprint density at radius 1 is 1.52 bits per heavy atom. The van der Waals surface area contributed by atoms with Gasteiger partial charge in [0.1, 0.15) is 0 Å². The molecule has 1 aromatic rings. The van der Waals surface area contributed by atoms with Gasteiger partial charge in [-0.3, -0.25) is 0 Å². The van der Waals surface area contributed by atoms with Crippen LogP contribution in [0.5, 0.6) is 0 Å². The second-order valence-electron chi connectivity index (χ2n) is 5.56. The van der Waals surface area contributed by atoms with Crippen LogP contribution in [0.4, 0.5) is 16.2 Å². The molecule has 1 aliphatic carbocycles. The molecule has 0 saturated heterocycles. The Morgan fingerprint density at radius 3 is 2.90 bits per heavy atom. The average Bonchev–Trinajstić information content (AvgIpc) is 3.32. The van der Waals surface area contributed by atoms with Crippen LogP contribution in [0.2, 0.25) is 0 Å². The van der Waals surface area contributed by atoms with Crippen molar-refractivity contribution < 1.29 is 9.13 Å². The lowest BCUT2D eigenvalue weighted by Gasteiger charge is -2.30. The highest BCUT2D eigenvalue weighted by Gasteiger charge is 2.33. The molecule has 21 heavy (non-hydrogen) atoms. The van der Waals surface area contributed by atoms with Crippen LogP contribution >= 0.6 is 0 Å². The molecule has 6 heteroatoms. The number of halogens is 1. The van der Waals surface area contributed by atoms with Gasteiger partial charge in [0, 0.05) is 26.2 Å². The van der Waals surface area contributed by atoms with Crippen molar-refractivity contribution in [2.24, 2.45) is 5.92 Å². The summed E-state index contributed by atoms with van der Waals surface area (Å²) in [5.74, 6) is 1.11. The van der Waals surface area contributed by atoms with Gasteiger partial charge in [0.15, 0.2) is 11.6 Å². The molecule has 118 valence electrons. The van der Waals surface area contributed by atoms with E-state index in [-0.39, 0.29) is 11.9 Å². The smallest absolute Gasteiger partial charge is 0.224 e. The fourth-order valence-corrected chi connectivity index (χ4v) is 2.41. The van der Waals surface area contributed by atoms with Crippen molar-refractivity contribution >= 4 is 11.8 Å². The summed E-state index contributed by atoms with van der Waals surface area (Å²) in [5.41, 5.74) is 0. The molecule has 0 spiro atoms. The number of rotatable bonds is 9. The molecule has 1 atom stereocenters. The maximum absolute atomic E-state index is 14.2. The Balaban J connectivity index is 2.19. The number of hydrogen-bond donors (Lipinski definition) is 1. The summed E-state index contributed by atoms with van der Waals surface area (Å²) in [5, 5.41) is 3.11.